The number of halogens is 1. The van der Waals surface area contributed by atoms with Gasteiger partial charge in [-0.05, 0) is 117 Å². The number of hydrogen-bond acceptors (Lipinski definition) is 5. The van der Waals surface area contributed by atoms with E-state index in [1.54, 1.807) is 12.1 Å². The Bertz CT molecular complexity index is 1880. The van der Waals surface area contributed by atoms with E-state index in [1.165, 1.54) is 71.4 Å². The minimum atomic E-state index is -0.420. The van der Waals surface area contributed by atoms with Crippen LogP contribution in [0.4, 0.5) is 21.5 Å². The van der Waals surface area contributed by atoms with E-state index in [0.717, 1.165) is 37.6 Å². The molecule has 5 rings (SSSR count). The summed E-state index contributed by atoms with van der Waals surface area (Å²) in [6, 6.07) is 21.8. The molecule has 0 saturated heterocycles. The van der Waals surface area contributed by atoms with Crippen LogP contribution in [0, 0.1) is 31.5 Å². The summed E-state index contributed by atoms with van der Waals surface area (Å²) in [5.74, 6) is -0.0321. The molecule has 1 amide bonds. The first kappa shape index (κ1) is 39.0. The molecule has 4 N–H and O–H groups in total. The van der Waals surface area contributed by atoms with Gasteiger partial charge in [-0.25, -0.2) is 4.39 Å². The fourth-order valence-electron chi connectivity index (χ4n) is 6.50. The number of rotatable bonds is 14. The monoisotopic (exact) mass is 694 g/mol. The lowest BCUT2D eigenvalue weighted by Gasteiger charge is -2.27. The van der Waals surface area contributed by atoms with Gasteiger partial charge in [0.05, 0.1) is 5.56 Å². The van der Waals surface area contributed by atoms with Gasteiger partial charge in [0, 0.05) is 64.4 Å². The number of aryl methyl sites for hydroxylation is 1. The number of amides is 1. The van der Waals surface area contributed by atoms with Gasteiger partial charge in [0.25, 0.3) is 5.91 Å². The van der Waals surface area contributed by atoms with Gasteiger partial charge in [-0.2, -0.15) is 0 Å². The van der Waals surface area contributed by atoms with E-state index in [1.807, 2.05) is 26.0 Å². The van der Waals surface area contributed by atoms with Gasteiger partial charge in [0.2, 0.25) is 0 Å². The second-order valence-corrected chi connectivity index (χ2v) is 13.7. The Morgan fingerprint density at radius 3 is 2.08 bits per heavy atom. The van der Waals surface area contributed by atoms with E-state index < -0.39 is 5.82 Å². The second-order valence-electron chi connectivity index (χ2n) is 13.7. The highest BCUT2D eigenvalue weighted by Crippen LogP contribution is 2.40. The van der Waals surface area contributed by atoms with E-state index in [2.05, 4.69) is 79.8 Å². The highest BCUT2D eigenvalue weighted by Gasteiger charge is 2.17. The Kier molecular flexibility index (Phi) is 13.7. The van der Waals surface area contributed by atoms with Gasteiger partial charge in [0.15, 0.2) is 0 Å². The number of fused-ring (bicyclic) bond motifs is 1. The number of hydrogen-bond donors (Lipinski definition) is 4. The number of nitrogens with zero attached hydrogens (tertiary/aromatic N) is 2. The number of aromatic hydroxyl groups is 2. The highest BCUT2D eigenvalue weighted by atomic mass is 19.1. The van der Waals surface area contributed by atoms with E-state index in [0.29, 0.717) is 23.0 Å². The summed E-state index contributed by atoms with van der Waals surface area (Å²) in [6.07, 6.45) is 2.41. The summed E-state index contributed by atoms with van der Waals surface area (Å²) in [4.78, 5) is 15.6. The molecular weight excluding hydrogens is 639 g/mol. The normalized spacial score (nSPS) is 11.8. The van der Waals surface area contributed by atoms with Crippen LogP contribution < -0.4 is 10.6 Å². The van der Waals surface area contributed by atoms with E-state index in [9.17, 15) is 19.4 Å². The number of phenols is 2. The van der Waals surface area contributed by atoms with Crippen LogP contribution in [0.2, 0.25) is 0 Å². The van der Waals surface area contributed by atoms with Crippen molar-refractivity contribution in [3.8, 4) is 22.6 Å². The summed E-state index contributed by atoms with van der Waals surface area (Å²) in [7, 11) is 0. The second kappa shape index (κ2) is 17.9. The maximum Gasteiger partial charge on any atom is 0.255 e. The molecule has 0 aliphatic heterocycles. The topological polar surface area (TPSA) is 89.8 Å². The van der Waals surface area contributed by atoms with Gasteiger partial charge in [-0.3, -0.25) is 4.79 Å². The minimum Gasteiger partial charge on any atom is -0.507 e. The number of carbonyl (C=O) groups is 1. The molecule has 272 valence electrons. The standard InChI is InChI=1S/C41H49FN4O3.C2H6/c1-7-19-45(20-18-26(2)3)24-27(4)25-46-29(6)28(5)36-21-34(16-17-37(36)46)43-33-14-10-31(11-15-33)41(49)44-35-22-38(47)40(39(48)23-35)30-8-12-32(42)13-9-30;1-2/h8-17,21-23,26-27,43,47-48H,7,18-20,24-25H2,1-6H3,(H,44,49);1-2H3. The minimum absolute atomic E-state index is 0.161. The summed E-state index contributed by atoms with van der Waals surface area (Å²) in [5, 5.41) is 28.5. The lowest BCUT2D eigenvalue weighted by atomic mass is 10.0. The van der Waals surface area contributed by atoms with Crippen LogP contribution in [0.1, 0.15) is 76.0 Å². The molecule has 4 aromatic carbocycles. The fourth-order valence-corrected chi connectivity index (χ4v) is 6.50. The maximum atomic E-state index is 13.3. The highest BCUT2D eigenvalue weighted by molar-refractivity contribution is 6.05. The van der Waals surface area contributed by atoms with Crippen molar-refractivity contribution in [3.05, 3.63) is 102 Å². The predicted octanol–water partition coefficient (Wildman–Crippen LogP) is 10.9. The van der Waals surface area contributed by atoms with Crippen molar-refractivity contribution in [3.63, 3.8) is 0 Å². The molecule has 0 aliphatic rings. The molecule has 0 fully saturated rings. The molecule has 0 saturated carbocycles. The van der Waals surface area contributed by atoms with E-state index in [-0.39, 0.29) is 28.7 Å². The molecule has 7 nitrogen and oxygen atoms in total. The number of carbonyl (C=O) groups excluding carboxylic acids is 1. The number of aromatic nitrogens is 1. The maximum absolute atomic E-state index is 13.3. The summed E-state index contributed by atoms with van der Waals surface area (Å²) >= 11 is 0. The predicted molar refractivity (Wildman–Crippen MR) is 211 cm³/mol. The Hall–Kier alpha value is -4.82. The molecule has 5 aromatic rings. The molecule has 8 heteroatoms. The summed E-state index contributed by atoms with van der Waals surface area (Å²) in [6.45, 7) is 22.0. The Balaban J connectivity index is 0.00000286. The molecule has 0 aliphatic carbocycles. The van der Waals surface area contributed by atoms with Crippen molar-refractivity contribution in [2.24, 2.45) is 11.8 Å². The average Bonchev–Trinajstić information content (AvgIpc) is 3.33. The first-order valence-electron chi connectivity index (χ1n) is 18.3. The van der Waals surface area contributed by atoms with Gasteiger partial charge < -0.3 is 30.3 Å². The van der Waals surface area contributed by atoms with Gasteiger partial charge in [-0.15, -0.1) is 0 Å². The Morgan fingerprint density at radius 2 is 1.47 bits per heavy atom. The molecule has 0 bridgehead atoms. The largest absolute Gasteiger partial charge is 0.507 e. The molecule has 0 radical (unpaired) electrons. The van der Waals surface area contributed by atoms with Crippen LogP contribution >= 0.6 is 0 Å². The fraction of sp³-hybridized carbons (Fsp3) is 0.372. The van der Waals surface area contributed by atoms with Gasteiger partial charge >= 0.3 is 0 Å². The average molecular weight is 695 g/mol. The van der Waals surface area contributed by atoms with Gasteiger partial charge in [0.1, 0.15) is 17.3 Å². The lowest BCUT2D eigenvalue weighted by molar-refractivity contribution is 0.102. The van der Waals surface area contributed by atoms with Gasteiger partial charge in [-0.1, -0.05) is 53.7 Å². The Labute approximate surface area is 303 Å². The quantitative estimate of drug-likeness (QED) is 0.0929. The smallest absolute Gasteiger partial charge is 0.255 e. The zero-order valence-electron chi connectivity index (χ0n) is 31.5. The molecule has 1 heterocycles. The van der Waals surface area contributed by atoms with E-state index in [4.69, 9.17) is 0 Å². The van der Waals surface area contributed by atoms with E-state index >= 15 is 0 Å². The van der Waals surface area contributed by atoms with Crippen LogP contribution in [0.3, 0.4) is 0 Å². The summed E-state index contributed by atoms with van der Waals surface area (Å²) in [5.41, 5.74) is 6.90. The molecule has 0 spiro atoms. The van der Waals surface area contributed by atoms with Crippen LogP contribution in [-0.2, 0) is 6.54 Å². The van der Waals surface area contributed by atoms with Crippen molar-refractivity contribution >= 4 is 33.9 Å². The van der Waals surface area contributed by atoms with Crippen LogP contribution in [-0.4, -0.2) is 45.2 Å². The third-order valence-electron chi connectivity index (χ3n) is 9.19. The van der Waals surface area contributed by atoms with Crippen LogP contribution in [0.25, 0.3) is 22.0 Å². The zero-order valence-corrected chi connectivity index (χ0v) is 31.5. The first-order chi connectivity index (χ1) is 24.4. The molecule has 1 atom stereocenters. The van der Waals surface area contributed by atoms with Crippen molar-refractivity contribution in [2.45, 2.75) is 74.8 Å². The molecule has 1 aromatic heterocycles. The Morgan fingerprint density at radius 1 is 0.843 bits per heavy atom. The van der Waals surface area contributed by atoms with Crippen LogP contribution in [0.5, 0.6) is 11.5 Å². The molecule has 51 heavy (non-hydrogen) atoms. The van der Waals surface area contributed by atoms with Crippen molar-refractivity contribution in [2.75, 3.05) is 30.3 Å². The number of anilines is 3. The first-order valence-corrected chi connectivity index (χ1v) is 18.3. The number of benzene rings is 4. The molecular formula is C43H55FN4O3. The summed E-state index contributed by atoms with van der Waals surface area (Å²) < 4.78 is 15.8. The number of phenolic OH excluding ortho intramolecular Hbond substituents is 2. The lowest BCUT2D eigenvalue weighted by Crippen LogP contribution is -2.32. The third-order valence-corrected chi connectivity index (χ3v) is 9.19. The number of nitrogens with one attached hydrogen (secondary N) is 2. The van der Waals surface area contributed by atoms with Crippen LogP contribution in [0.15, 0.2) is 78.9 Å². The third kappa shape index (κ3) is 9.91. The van der Waals surface area contributed by atoms with Crippen molar-refractivity contribution < 1.29 is 19.4 Å². The molecule has 1 unspecified atom stereocenters. The zero-order chi connectivity index (χ0) is 37.2. The SMILES string of the molecule is CC.CCCN(CCC(C)C)CC(C)Cn1c(C)c(C)c2cc(Nc3ccc(C(=O)Nc4cc(O)c(-c5ccc(F)cc5)c(O)c4)cc3)ccc21. The van der Waals surface area contributed by atoms with Crippen molar-refractivity contribution in [1.29, 1.82) is 0 Å². The van der Waals surface area contributed by atoms with Crippen molar-refractivity contribution in [1.82, 2.24) is 9.47 Å².